The molecule has 1 aromatic heterocycles. The first-order chi connectivity index (χ1) is 10.2. The molecule has 0 fully saturated rings. The molecule has 0 atom stereocenters. The van der Waals surface area contributed by atoms with E-state index in [0.29, 0.717) is 6.61 Å². The Morgan fingerprint density at radius 3 is 2.81 bits per heavy atom. The van der Waals surface area contributed by atoms with Crippen molar-refractivity contribution in [3.63, 3.8) is 0 Å². The van der Waals surface area contributed by atoms with Gasteiger partial charge in [0, 0.05) is 29.4 Å². The van der Waals surface area contributed by atoms with Gasteiger partial charge in [0.05, 0.1) is 17.6 Å². The minimum absolute atomic E-state index is 0.642. The van der Waals surface area contributed by atoms with Crippen LogP contribution in [0.1, 0.15) is 0 Å². The quantitative estimate of drug-likeness (QED) is 0.733. The summed E-state index contributed by atoms with van der Waals surface area (Å²) in [6.45, 7) is 1.40. The average Bonchev–Trinajstić information content (AvgIpc) is 2.86. The van der Waals surface area contributed by atoms with E-state index in [1.807, 2.05) is 36.4 Å². The third-order valence-corrected chi connectivity index (χ3v) is 4.12. The summed E-state index contributed by atoms with van der Waals surface area (Å²) >= 11 is 3.48. The number of hydrogen-bond donors (Lipinski definition) is 1. The number of rotatable bonds is 4. The summed E-state index contributed by atoms with van der Waals surface area (Å²) in [5.41, 5.74) is 9.71. The van der Waals surface area contributed by atoms with Gasteiger partial charge in [-0.15, -0.1) is 0 Å². The van der Waals surface area contributed by atoms with Crippen LogP contribution in [0.3, 0.4) is 0 Å². The average molecular weight is 346 g/mol. The molecule has 0 aliphatic carbocycles. The fraction of sp³-hybridized carbons (Fsp3) is 0.188. The number of ether oxygens (including phenoxy) is 1. The zero-order valence-electron chi connectivity index (χ0n) is 11.7. The van der Waals surface area contributed by atoms with Crippen LogP contribution in [0.15, 0.2) is 46.9 Å². The molecule has 0 saturated carbocycles. The Kier molecular flexibility index (Phi) is 3.94. The fourth-order valence-electron chi connectivity index (χ4n) is 2.37. The van der Waals surface area contributed by atoms with Gasteiger partial charge in [-0.25, -0.2) is 4.98 Å². The molecule has 0 aliphatic heterocycles. The van der Waals surface area contributed by atoms with E-state index in [2.05, 4.69) is 26.6 Å². The highest BCUT2D eigenvalue weighted by Crippen LogP contribution is 2.29. The summed E-state index contributed by atoms with van der Waals surface area (Å²) < 4.78 is 8.28. The molecule has 0 saturated heterocycles. The second-order valence-electron chi connectivity index (χ2n) is 4.80. The topological polar surface area (TPSA) is 53.1 Å². The van der Waals surface area contributed by atoms with Crippen LogP contribution in [0, 0.1) is 0 Å². The normalized spacial score (nSPS) is 11.1. The van der Waals surface area contributed by atoms with Crippen molar-refractivity contribution in [1.82, 2.24) is 9.55 Å². The van der Waals surface area contributed by atoms with E-state index in [9.17, 15) is 0 Å². The van der Waals surface area contributed by atoms with E-state index in [4.69, 9.17) is 15.5 Å². The van der Waals surface area contributed by atoms with Gasteiger partial charge < -0.3 is 15.0 Å². The molecule has 1 heterocycles. The van der Waals surface area contributed by atoms with Crippen molar-refractivity contribution >= 4 is 32.7 Å². The maximum absolute atomic E-state index is 5.87. The van der Waals surface area contributed by atoms with Gasteiger partial charge >= 0.3 is 0 Å². The van der Waals surface area contributed by atoms with E-state index in [0.717, 1.165) is 39.1 Å². The molecule has 3 rings (SSSR count). The molecule has 21 heavy (non-hydrogen) atoms. The maximum Gasteiger partial charge on any atom is 0.141 e. The lowest BCUT2D eigenvalue weighted by molar-refractivity contribution is 0.188. The van der Waals surface area contributed by atoms with Gasteiger partial charge in [-0.05, 0) is 46.3 Å². The van der Waals surface area contributed by atoms with Gasteiger partial charge in [-0.2, -0.15) is 0 Å². The van der Waals surface area contributed by atoms with E-state index < -0.39 is 0 Å². The summed E-state index contributed by atoms with van der Waals surface area (Å²) in [4.78, 5) is 4.75. The van der Waals surface area contributed by atoms with Crippen molar-refractivity contribution < 1.29 is 4.74 Å². The number of nitrogens with zero attached hydrogens (tertiary/aromatic N) is 2. The highest BCUT2D eigenvalue weighted by atomic mass is 79.9. The fourth-order valence-corrected chi connectivity index (χ4v) is 2.75. The zero-order chi connectivity index (χ0) is 14.8. The standard InChI is InChI=1S/C16H16BrN3O/c1-21-9-8-20-15-5-3-2-4-14(15)19-16(20)11-6-7-13(18)12(17)10-11/h2-7,10H,8-9,18H2,1H3. The number of para-hydroxylation sites is 2. The minimum atomic E-state index is 0.642. The van der Waals surface area contributed by atoms with Crippen LogP contribution in [0.25, 0.3) is 22.4 Å². The van der Waals surface area contributed by atoms with Crippen LogP contribution in [0.5, 0.6) is 0 Å². The van der Waals surface area contributed by atoms with Crippen molar-refractivity contribution in [3.05, 3.63) is 46.9 Å². The van der Waals surface area contributed by atoms with Crippen LogP contribution < -0.4 is 5.73 Å². The molecule has 0 bridgehead atoms. The molecular weight excluding hydrogens is 330 g/mol. The summed E-state index contributed by atoms with van der Waals surface area (Å²) in [7, 11) is 1.71. The number of imidazole rings is 1. The van der Waals surface area contributed by atoms with Crippen molar-refractivity contribution in [2.45, 2.75) is 6.54 Å². The Bertz CT molecular complexity index is 782. The first kappa shape index (κ1) is 14.1. The molecule has 2 N–H and O–H groups in total. The van der Waals surface area contributed by atoms with Crippen LogP contribution in [0.2, 0.25) is 0 Å². The summed E-state index contributed by atoms with van der Waals surface area (Å²) in [6, 6.07) is 14.0. The van der Waals surface area contributed by atoms with E-state index in [1.54, 1.807) is 7.11 Å². The third kappa shape index (κ3) is 2.66. The van der Waals surface area contributed by atoms with Gasteiger partial charge in [-0.1, -0.05) is 12.1 Å². The highest BCUT2D eigenvalue weighted by molar-refractivity contribution is 9.10. The predicted molar refractivity (Wildman–Crippen MR) is 89.2 cm³/mol. The monoisotopic (exact) mass is 345 g/mol. The molecule has 5 heteroatoms. The lowest BCUT2D eigenvalue weighted by Crippen LogP contribution is -2.06. The Morgan fingerprint density at radius 1 is 1.24 bits per heavy atom. The van der Waals surface area contributed by atoms with Crippen LogP contribution in [-0.2, 0) is 11.3 Å². The molecule has 0 aliphatic rings. The van der Waals surface area contributed by atoms with Crippen LogP contribution in [-0.4, -0.2) is 23.3 Å². The van der Waals surface area contributed by atoms with Crippen molar-refractivity contribution in [2.75, 3.05) is 19.5 Å². The highest BCUT2D eigenvalue weighted by Gasteiger charge is 2.12. The molecule has 3 aromatic rings. The van der Waals surface area contributed by atoms with Gasteiger partial charge in [0.2, 0.25) is 0 Å². The molecular formula is C16H16BrN3O. The second-order valence-corrected chi connectivity index (χ2v) is 5.66. The third-order valence-electron chi connectivity index (χ3n) is 3.43. The SMILES string of the molecule is COCCn1c(-c2ccc(N)c(Br)c2)nc2ccccc21. The number of methoxy groups -OCH3 is 1. The Labute approximate surface area is 131 Å². The molecule has 0 radical (unpaired) electrons. The predicted octanol–water partition coefficient (Wildman–Crippen LogP) is 3.69. The number of fused-ring (bicyclic) bond motifs is 1. The number of anilines is 1. The largest absolute Gasteiger partial charge is 0.398 e. The first-order valence-corrected chi connectivity index (χ1v) is 7.49. The number of nitrogens with two attached hydrogens (primary N) is 1. The maximum atomic E-state index is 5.87. The number of aromatic nitrogens is 2. The van der Waals surface area contributed by atoms with Gasteiger partial charge in [0.1, 0.15) is 5.82 Å². The van der Waals surface area contributed by atoms with Gasteiger partial charge in [0.15, 0.2) is 0 Å². The first-order valence-electron chi connectivity index (χ1n) is 6.70. The Hall–Kier alpha value is -1.85. The summed E-state index contributed by atoms with van der Waals surface area (Å²) in [5, 5.41) is 0. The Morgan fingerprint density at radius 2 is 2.05 bits per heavy atom. The van der Waals surface area contributed by atoms with Gasteiger partial charge in [-0.3, -0.25) is 0 Å². The molecule has 108 valence electrons. The van der Waals surface area contributed by atoms with Gasteiger partial charge in [0.25, 0.3) is 0 Å². The van der Waals surface area contributed by atoms with E-state index >= 15 is 0 Å². The van der Waals surface area contributed by atoms with Crippen molar-refractivity contribution in [3.8, 4) is 11.4 Å². The van der Waals surface area contributed by atoms with E-state index in [1.165, 1.54) is 0 Å². The zero-order valence-corrected chi connectivity index (χ0v) is 13.3. The lowest BCUT2D eigenvalue weighted by Gasteiger charge is -2.09. The van der Waals surface area contributed by atoms with E-state index in [-0.39, 0.29) is 0 Å². The Balaban J connectivity index is 2.17. The molecule has 0 amide bonds. The van der Waals surface area contributed by atoms with Crippen LogP contribution >= 0.6 is 15.9 Å². The molecule has 0 unspecified atom stereocenters. The second kappa shape index (κ2) is 5.87. The number of halogens is 1. The molecule has 2 aromatic carbocycles. The lowest BCUT2D eigenvalue weighted by atomic mass is 10.2. The molecule has 4 nitrogen and oxygen atoms in total. The summed E-state index contributed by atoms with van der Waals surface area (Å²) in [5.74, 6) is 0.925. The number of benzene rings is 2. The number of nitrogen functional groups attached to an aromatic ring is 1. The van der Waals surface area contributed by atoms with Crippen molar-refractivity contribution in [2.24, 2.45) is 0 Å². The minimum Gasteiger partial charge on any atom is -0.398 e. The van der Waals surface area contributed by atoms with Crippen LogP contribution in [0.4, 0.5) is 5.69 Å². The molecule has 0 spiro atoms. The smallest absolute Gasteiger partial charge is 0.141 e. The number of hydrogen-bond acceptors (Lipinski definition) is 3. The summed E-state index contributed by atoms with van der Waals surface area (Å²) in [6.07, 6.45) is 0. The van der Waals surface area contributed by atoms with Crippen molar-refractivity contribution in [1.29, 1.82) is 0 Å².